The third kappa shape index (κ3) is 8.08. The van der Waals surface area contributed by atoms with Crippen LogP contribution >= 0.6 is 11.6 Å². The Bertz CT molecular complexity index is 1290. The molecular formula is C27H27ClN4O5. The third-order valence-electron chi connectivity index (χ3n) is 5.08. The van der Waals surface area contributed by atoms with E-state index in [-0.39, 0.29) is 12.5 Å². The number of nitrogens with zero attached hydrogens (tertiary/aromatic N) is 1. The molecule has 0 aliphatic heterocycles. The van der Waals surface area contributed by atoms with Crippen molar-refractivity contribution in [1.82, 2.24) is 5.43 Å². The molecule has 9 nitrogen and oxygen atoms in total. The molecule has 0 saturated carbocycles. The number of hydrogen-bond acceptors (Lipinski definition) is 6. The summed E-state index contributed by atoms with van der Waals surface area (Å²) in [5.41, 5.74) is 5.40. The Labute approximate surface area is 219 Å². The van der Waals surface area contributed by atoms with Gasteiger partial charge in [0, 0.05) is 22.0 Å². The molecule has 0 unspecified atom stereocenters. The van der Waals surface area contributed by atoms with Gasteiger partial charge in [0.15, 0.2) is 6.61 Å². The molecule has 3 amide bonds. The molecule has 37 heavy (non-hydrogen) atoms. The lowest BCUT2D eigenvalue weighted by molar-refractivity contribution is -0.136. The summed E-state index contributed by atoms with van der Waals surface area (Å²) >= 11 is 6.08. The van der Waals surface area contributed by atoms with Crippen LogP contribution in [0.1, 0.15) is 23.6 Å². The zero-order valence-electron chi connectivity index (χ0n) is 20.6. The van der Waals surface area contributed by atoms with Crippen LogP contribution in [0.2, 0.25) is 5.02 Å². The van der Waals surface area contributed by atoms with Crippen molar-refractivity contribution in [2.75, 3.05) is 23.8 Å². The van der Waals surface area contributed by atoms with Crippen LogP contribution in [0.3, 0.4) is 0 Å². The number of amides is 3. The SMILES string of the molecule is CCOc1ccc(NC(=O)COc2ccc(Cl)cc2/C=N\NC(=O)C(=O)Nc2c(C)cccc2C)cc1. The van der Waals surface area contributed by atoms with Gasteiger partial charge < -0.3 is 20.1 Å². The molecule has 192 valence electrons. The van der Waals surface area contributed by atoms with Crippen molar-refractivity contribution >= 4 is 46.9 Å². The summed E-state index contributed by atoms with van der Waals surface area (Å²) in [6.07, 6.45) is 1.27. The number of halogens is 1. The first-order valence-electron chi connectivity index (χ1n) is 11.4. The molecule has 0 aromatic heterocycles. The van der Waals surface area contributed by atoms with Crippen molar-refractivity contribution in [3.05, 3.63) is 82.4 Å². The predicted octanol–water partition coefficient (Wildman–Crippen LogP) is 4.46. The van der Waals surface area contributed by atoms with Crippen LogP contribution in [-0.4, -0.2) is 37.1 Å². The van der Waals surface area contributed by atoms with Gasteiger partial charge in [-0.3, -0.25) is 14.4 Å². The average Bonchev–Trinajstić information content (AvgIpc) is 2.87. The number of hydrogen-bond donors (Lipinski definition) is 3. The van der Waals surface area contributed by atoms with Gasteiger partial charge in [0.25, 0.3) is 5.91 Å². The Balaban J connectivity index is 1.57. The average molecular weight is 523 g/mol. The number of ether oxygens (including phenoxy) is 2. The fourth-order valence-electron chi connectivity index (χ4n) is 3.29. The molecule has 3 aromatic rings. The number of hydrazone groups is 1. The summed E-state index contributed by atoms with van der Waals surface area (Å²) < 4.78 is 11.0. The second-order valence-electron chi connectivity index (χ2n) is 7.90. The van der Waals surface area contributed by atoms with E-state index < -0.39 is 11.8 Å². The molecule has 0 radical (unpaired) electrons. The maximum Gasteiger partial charge on any atom is 0.329 e. The number of nitrogens with one attached hydrogen (secondary N) is 3. The van der Waals surface area contributed by atoms with Crippen molar-refractivity contribution in [1.29, 1.82) is 0 Å². The van der Waals surface area contributed by atoms with E-state index in [1.807, 2.05) is 39.0 Å². The molecule has 3 N–H and O–H groups in total. The highest BCUT2D eigenvalue weighted by Gasteiger charge is 2.15. The van der Waals surface area contributed by atoms with Crippen LogP contribution in [0.5, 0.6) is 11.5 Å². The molecule has 10 heteroatoms. The number of aryl methyl sites for hydroxylation is 2. The Hall–Kier alpha value is -4.37. The highest BCUT2D eigenvalue weighted by atomic mass is 35.5. The highest BCUT2D eigenvalue weighted by molar-refractivity contribution is 6.39. The second kappa shape index (κ2) is 13.1. The smallest absolute Gasteiger partial charge is 0.329 e. The van der Waals surface area contributed by atoms with Crippen LogP contribution in [0.15, 0.2) is 65.8 Å². The second-order valence-corrected chi connectivity index (χ2v) is 8.33. The minimum atomic E-state index is -0.946. The number of carbonyl (C=O) groups excluding carboxylic acids is 3. The van der Waals surface area contributed by atoms with Crippen molar-refractivity contribution in [3.8, 4) is 11.5 Å². The minimum absolute atomic E-state index is 0.278. The number of rotatable bonds is 9. The summed E-state index contributed by atoms with van der Waals surface area (Å²) in [7, 11) is 0. The van der Waals surface area contributed by atoms with Crippen LogP contribution in [0.25, 0.3) is 0 Å². The van der Waals surface area contributed by atoms with Crippen molar-refractivity contribution in [2.24, 2.45) is 5.10 Å². The highest BCUT2D eigenvalue weighted by Crippen LogP contribution is 2.22. The molecule has 3 aromatic carbocycles. The maximum atomic E-state index is 12.3. The topological polar surface area (TPSA) is 118 Å². The van der Waals surface area contributed by atoms with Gasteiger partial charge in [-0.15, -0.1) is 0 Å². The van der Waals surface area contributed by atoms with Gasteiger partial charge >= 0.3 is 11.8 Å². The molecule has 0 aliphatic rings. The zero-order valence-corrected chi connectivity index (χ0v) is 21.4. The van der Waals surface area contributed by atoms with E-state index in [4.69, 9.17) is 21.1 Å². The molecular weight excluding hydrogens is 496 g/mol. The number of benzene rings is 3. The lowest BCUT2D eigenvalue weighted by Crippen LogP contribution is -2.32. The van der Waals surface area contributed by atoms with Crippen LogP contribution < -0.4 is 25.5 Å². The summed E-state index contributed by atoms with van der Waals surface area (Å²) in [5.74, 6) is -1.17. The maximum absolute atomic E-state index is 12.3. The van der Waals surface area contributed by atoms with Crippen molar-refractivity contribution in [2.45, 2.75) is 20.8 Å². The monoisotopic (exact) mass is 522 g/mol. The lowest BCUT2D eigenvalue weighted by Gasteiger charge is -2.11. The van der Waals surface area contributed by atoms with E-state index in [1.165, 1.54) is 6.21 Å². The van der Waals surface area contributed by atoms with Gasteiger partial charge in [-0.2, -0.15) is 5.10 Å². The Morgan fingerprint density at radius 3 is 2.30 bits per heavy atom. The van der Waals surface area contributed by atoms with E-state index in [0.717, 1.165) is 11.1 Å². The normalized spacial score (nSPS) is 10.6. The van der Waals surface area contributed by atoms with E-state index in [2.05, 4.69) is 21.2 Å². The van der Waals surface area contributed by atoms with E-state index in [1.54, 1.807) is 42.5 Å². The molecule has 0 saturated heterocycles. The first-order chi connectivity index (χ1) is 17.8. The summed E-state index contributed by atoms with van der Waals surface area (Å²) in [6.45, 7) is 5.83. The van der Waals surface area contributed by atoms with Gasteiger partial charge in [-0.1, -0.05) is 29.8 Å². The lowest BCUT2D eigenvalue weighted by atomic mass is 10.1. The molecule has 0 aliphatic carbocycles. The first-order valence-corrected chi connectivity index (χ1v) is 11.8. The van der Waals surface area contributed by atoms with E-state index in [0.29, 0.717) is 40.1 Å². The number of para-hydroxylation sites is 1. The third-order valence-corrected chi connectivity index (χ3v) is 5.31. The van der Waals surface area contributed by atoms with Crippen LogP contribution in [-0.2, 0) is 14.4 Å². The fourth-order valence-corrected chi connectivity index (χ4v) is 3.47. The van der Waals surface area contributed by atoms with Gasteiger partial charge in [-0.05, 0) is 74.4 Å². The quantitative estimate of drug-likeness (QED) is 0.218. The summed E-state index contributed by atoms with van der Waals surface area (Å²) in [5, 5.41) is 9.55. The van der Waals surface area contributed by atoms with Crippen molar-refractivity contribution in [3.63, 3.8) is 0 Å². The fraction of sp³-hybridized carbons (Fsp3) is 0.185. The Morgan fingerprint density at radius 2 is 1.62 bits per heavy atom. The summed E-state index contributed by atoms with van der Waals surface area (Å²) in [4.78, 5) is 36.8. The molecule has 0 atom stereocenters. The number of anilines is 2. The molecule has 0 spiro atoms. The molecule has 0 fully saturated rings. The van der Waals surface area contributed by atoms with Crippen molar-refractivity contribution < 1.29 is 23.9 Å². The van der Waals surface area contributed by atoms with E-state index >= 15 is 0 Å². The Morgan fingerprint density at radius 1 is 0.919 bits per heavy atom. The first kappa shape index (κ1) is 27.2. The minimum Gasteiger partial charge on any atom is -0.494 e. The predicted molar refractivity (Wildman–Crippen MR) is 143 cm³/mol. The Kier molecular flexibility index (Phi) is 9.62. The zero-order chi connectivity index (χ0) is 26.8. The number of carbonyl (C=O) groups is 3. The van der Waals surface area contributed by atoms with E-state index in [9.17, 15) is 14.4 Å². The van der Waals surface area contributed by atoms with Gasteiger partial charge in [0.1, 0.15) is 11.5 Å². The van der Waals surface area contributed by atoms with Gasteiger partial charge in [0.2, 0.25) is 0 Å². The van der Waals surface area contributed by atoms with Crippen LogP contribution in [0, 0.1) is 13.8 Å². The molecule has 0 heterocycles. The standard InChI is InChI=1S/C27H27ClN4O5/c1-4-36-22-11-9-21(10-12-22)30-24(33)16-37-23-13-8-20(28)14-19(23)15-29-32-27(35)26(34)31-25-17(2)6-5-7-18(25)3/h5-15H,4,16H2,1-3H3,(H,30,33)(H,31,34)(H,32,35)/b29-15-. The van der Waals surface area contributed by atoms with Gasteiger partial charge in [-0.25, -0.2) is 5.43 Å². The van der Waals surface area contributed by atoms with Crippen LogP contribution in [0.4, 0.5) is 11.4 Å². The molecule has 3 rings (SSSR count). The van der Waals surface area contributed by atoms with Gasteiger partial charge in [0.05, 0.1) is 12.8 Å². The largest absolute Gasteiger partial charge is 0.494 e. The summed E-state index contributed by atoms with van der Waals surface area (Å²) in [6, 6.07) is 17.2. The molecule has 0 bridgehead atoms.